The van der Waals surface area contributed by atoms with Crippen LogP contribution in [0.2, 0.25) is 0 Å². The van der Waals surface area contributed by atoms with Crippen molar-refractivity contribution in [3.63, 3.8) is 0 Å². The van der Waals surface area contributed by atoms with Crippen LogP contribution in [0.25, 0.3) is 11.2 Å². The van der Waals surface area contributed by atoms with Crippen molar-refractivity contribution in [2.45, 2.75) is 69.9 Å². The highest BCUT2D eigenvalue weighted by Gasteiger charge is 2.47. The summed E-state index contributed by atoms with van der Waals surface area (Å²) in [6.07, 6.45) is -10.2. The number of carboxylic acids is 1. The van der Waals surface area contributed by atoms with E-state index in [1.807, 2.05) is 0 Å². The molecule has 3 rings (SSSR count). The smallest absolute Gasteiger partial charge is 0.274 e. The highest BCUT2D eigenvalue weighted by atomic mass is 32.2. The number of ether oxygens (including phenoxy) is 1. The van der Waals surface area contributed by atoms with Crippen molar-refractivity contribution in [1.29, 1.82) is 0 Å². The van der Waals surface area contributed by atoms with E-state index in [9.17, 15) is 72.9 Å². The zero-order valence-electron chi connectivity index (χ0n) is 29.7. The number of fused-ring (bicyclic) bond motifs is 1. The maximum Gasteiger partial charge on any atom is 0.274 e. The summed E-state index contributed by atoms with van der Waals surface area (Å²) in [6.45, 7) is -0.380. The number of hydrogen-bond donors (Lipinski definition) is 6. The lowest BCUT2D eigenvalue weighted by Gasteiger charge is -2.36. The first-order valence-electron chi connectivity index (χ1n) is 16.2. The van der Waals surface area contributed by atoms with Gasteiger partial charge in [0.2, 0.25) is 16.9 Å². The molecule has 31 heteroatoms. The standard InChI is InChI=1S/C26H42N7O20P3S/c1-26(2,20(39)23(40)29-6-5-15(35)28-7-8-57-25(41)13(34)3-4-16(36)37)10-50-56(47,48)53-55(45,46)49-9-14-19(52-54(42,43)44)18(38)24(51-14)33-12-32-17-21(27)30-11-31-22(17)33/h11-14,18-20,24,34,38-39H,3-10H2,1-2H3,(H,28,35)(H,29,40)(H,36,37)(H,45,46)(H,47,48)(H2,27,30,31)(H2,42,43,44)/p-5/t13?,14-,18-,19-,20+,24-/m1/s1. The van der Waals surface area contributed by atoms with Crippen LogP contribution in [0.4, 0.5) is 5.82 Å². The van der Waals surface area contributed by atoms with Gasteiger partial charge in [0.05, 0.1) is 27.4 Å². The van der Waals surface area contributed by atoms with E-state index >= 15 is 0 Å². The Hall–Kier alpha value is -3.01. The molecule has 0 saturated carbocycles. The average molecular weight is 893 g/mol. The number of hydrogen-bond acceptors (Lipinski definition) is 25. The molecule has 0 radical (unpaired) electrons. The first-order chi connectivity index (χ1) is 26.3. The molecule has 57 heavy (non-hydrogen) atoms. The zero-order valence-corrected chi connectivity index (χ0v) is 33.2. The number of carbonyl (C=O) groups is 4. The van der Waals surface area contributed by atoms with Crippen molar-refractivity contribution in [2.75, 3.05) is 37.8 Å². The highest BCUT2D eigenvalue weighted by Crippen LogP contribution is 2.56. The number of aliphatic hydroxyl groups excluding tert-OH is 3. The van der Waals surface area contributed by atoms with Gasteiger partial charge >= 0.3 is 0 Å². The number of aliphatic carboxylic acids is 1. The topological polar surface area (TPSA) is 435 Å². The van der Waals surface area contributed by atoms with E-state index < -0.39 is 108 Å². The SMILES string of the molecule is CC(C)(COP(=O)([O-])OP(=O)([O-])OC[C@H]1O[C@@H](n2cnc3c(N)ncnc32)[C@H](O)[C@@H]1OP(=O)([O-])[O-])[C@@H](O)C(=O)NCCC(=O)NCCSC(=O)C(O)CCC(=O)[O-]. The molecular weight excluding hydrogens is 855 g/mol. The molecule has 27 nitrogen and oxygen atoms in total. The summed E-state index contributed by atoms with van der Waals surface area (Å²) in [7, 11) is -17.7. The number of rotatable bonds is 23. The third-order valence-electron chi connectivity index (χ3n) is 7.62. The van der Waals surface area contributed by atoms with E-state index in [1.165, 1.54) is 0 Å². The summed E-state index contributed by atoms with van der Waals surface area (Å²) >= 11 is 0.655. The summed E-state index contributed by atoms with van der Waals surface area (Å²) in [4.78, 5) is 106. The molecule has 3 unspecified atom stereocenters. The molecule has 1 fully saturated rings. The molecule has 1 aliphatic rings. The van der Waals surface area contributed by atoms with Crippen LogP contribution in [-0.4, -0.2) is 120 Å². The van der Waals surface area contributed by atoms with Gasteiger partial charge in [0.15, 0.2) is 17.7 Å². The number of nitrogens with one attached hydrogen (secondary N) is 2. The summed E-state index contributed by atoms with van der Waals surface area (Å²) < 4.78 is 60.3. The molecule has 0 aliphatic carbocycles. The Morgan fingerprint density at radius 2 is 1.70 bits per heavy atom. The van der Waals surface area contributed by atoms with E-state index in [2.05, 4.69) is 43.5 Å². The van der Waals surface area contributed by atoms with Crippen molar-refractivity contribution in [3.05, 3.63) is 12.7 Å². The summed E-state index contributed by atoms with van der Waals surface area (Å²) in [5, 5.41) is 45.2. The number of thioether (sulfide) groups is 1. The molecule has 322 valence electrons. The molecule has 8 atom stereocenters. The van der Waals surface area contributed by atoms with Crippen LogP contribution in [0.5, 0.6) is 0 Å². The Bertz CT molecular complexity index is 1900. The monoisotopic (exact) mass is 892 g/mol. The van der Waals surface area contributed by atoms with Gasteiger partial charge in [-0.15, -0.1) is 0 Å². The normalized spacial score (nSPS) is 22.0. The maximum atomic E-state index is 12.5. The fourth-order valence-electron chi connectivity index (χ4n) is 4.73. The predicted octanol–water partition coefficient (Wildman–Crippen LogP) is -5.97. The molecule has 1 saturated heterocycles. The molecular formula is C26H37N7O20P3S-5. The quantitative estimate of drug-likeness (QED) is 0.0447. The molecule has 7 N–H and O–H groups in total. The van der Waals surface area contributed by atoms with Crippen molar-refractivity contribution >= 4 is 75.1 Å². The number of phosphoric acid groups is 3. The van der Waals surface area contributed by atoms with Crippen LogP contribution in [0.1, 0.15) is 39.3 Å². The van der Waals surface area contributed by atoms with Crippen LogP contribution in [-0.2, 0) is 55.5 Å². The Morgan fingerprint density at radius 3 is 2.35 bits per heavy atom. The van der Waals surface area contributed by atoms with Gasteiger partial charge in [0.1, 0.15) is 42.4 Å². The molecule has 0 spiro atoms. The van der Waals surface area contributed by atoms with E-state index in [-0.39, 0.29) is 48.7 Å². The Labute approximate surface area is 326 Å². The van der Waals surface area contributed by atoms with E-state index in [0.29, 0.717) is 11.8 Å². The van der Waals surface area contributed by atoms with E-state index in [4.69, 9.17) is 10.5 Å². The molecule has 1 aliphatic heterocycles. The maximum absolute atomic E-state index is 12.5. The number of nitrogens with zero attached hydrogens (tertiary/aromatic N) is 4. The molecule has 0 aromatic carbocycles. The summed E-state index contributed by atoms with van der Waals surface area (Å²) in [5.41, 5.74) is 3.97. The van der Waals surface area contributed by atoms with Gasteiger partial charge in [-0.05, 0) is 12.8 Å². The van der Waals surface area contributed by atoms with Gasteiger partial charge in [-0.3, -0.25) is 28.1 Å². The minimum atomic E-state index is -5.94. The summed E-state index contributed by atoms with van der Waals surface area (Å²) in [6, 6.07) is 0. The van der Waals surface area contributed by atoms with Gasteiger partial charge in [-0.1, -0.05) is 25.6 Å². The molecule has 3 heterocycles. The van der Waals surface area contributed by atoms with Crippen molar-refractivity contribution in [3.8, 4) is 0 Å². The minimum Gasteiger partial charge on any atom is -0.790 e. The number of carbonyl (C=O) groups excluding carboxylic acids is 4. The second-order valence-electron chi connectivity index (χ2n) is 12.6. The molecule has 2 amide bonds. The fourth-order valence-corrected chi connectivity index (χ4v) is 8.18. The fraction of sp³-hybridized carbons (Fsp3) is 0.654. The Balaban J connectivity index is 1.47. The van der Waals surface area contributed by atoms with Crippen molar-refractivity contribution < 1.29 is 95.5 Å². The van der Waals surface area contributed by atoms with Crippen LogP contribution in [0, 0.1) is 5.41 Å². The Morgan fingerprint density at radius 1 is 1.04 bits per heavy atom. The van der Waals surface area contributed by atoms with Crippen LogP contribution >= 0.6 is 35.2 Å². The average Bonchev–Trinajstić information content (AvgIpc) is 3.66. The number of aromatic nitrogens is 4. The highest BCUT2D eigenvalue weighted by molar-refractivity contribution is 8.13. The Kier molecular flexibility index (Phi) is 17.2. The van der Waals surface area contributed by atoms with E-state index in [0.717, 1.165) is 31.1 Å². The number of nitrogen functional groups attached to an aromatic ring is 1. The van der Waals surface area contributed by atoms with Gasteiger partial charge in [0.25, 0.3) is 15.6 Å². The first kappa shape index (κ1) is 48.4. The second-order valence-corrected chi connectivity index (χ2v) is 17.7. The number of anilines is 1. The number of nitrogens with two attached hydrogens (primary N) is 1. The largest absolute Gasteiger partial charge is 0.790 e. The lowest BCUT2D eigenvalue weighted by Crippen LogP contribution is -2.46. The minimum absolute atomic E-state index is 0.0270. The van der Waals surface area contributed by atoms with Crippen LogP contribution < -0.4 is 41.0 Å². The predicted molar refractivity (Wildman–Crippen MR) is 178 cm³/mol. The molecule has 2 aromatic heterocycles. The summed E-state index contributed by atoms with van der Waals surface area (Å²) in [5.74, 6) is -3.16. The van der Waals surface area contributed by atoms with Crippen LogP contribution in [0.15, 0.2) is 12.7 Å². The molecule has 2 aromatic rings. The van der Waals surface area contributed by atoms with Gasteiger partial charge in [0, 0.05) is 36.6 Å². The molecule has 0 bridgehead atoms. The van der Waals surface area contributed by atoms with Gasteiger partial charge in [-0.25, -0.2) is 19.3 Å². The lowest BCUT2D eigenvalue weighted by molar-refractivity contribution is -0.347. The second kappa shape index (κ2) is 20.3. The van der Waals surface area contributed by atoms with Gasteiger partial charge < -0.3 is 84.0 Å². The number of amides is 2. The van der Waals surface area contributed by atoms with Crippen molar-refractivity contribution in [1.82, 2.24) is 30.2 Å². The first-order valence-corrected chi connectivity index (χ1v) is 21.6. The van der Waals surface area contributed by atoms with E-state index in [1.54, 1.807) is 0 Å². The van der Waals surface area contributed by atoms with Crippen LogP contribution in [0.3, 0.4) is 0 Å². The lowest BCUT2D eigenvalue weighted by atomic mass is 9.87. The number of phosphoric ester groups is 3. The van der Waals surface area contributed by atoms with Crippen molar-refractivity contribution in [2.24, 2.45) is 5.41 Å². The number of carboxylic acid groups (broad SMARTS) is 1. The zero-order chi connectivity index (χ0) is 42.9. The third kappa shape index (κ3) is 15.0. The number of imidazole rings is 1. The van der Waals surface area contributed by atoms with Gasteiger partial charge in [-0.2, -0.15) is 0 Å². The number of aliphatic hydroxyl groups is 3. The third-order valence-corrected chi connectivity index (χ3v) is 11.6.